The lowest BCUT2D eigenvalue weighted by Gasteiger charge is -2.36. The number of aromatic nitrogens is 3. The van der Waals surface area contributed by atoms with Gasteiger partial charge >= 0.3 is 0 Å². The number of carbonyl (C=O) groups is 1. The topological polar surface area (TPSA) is 88.4 Å². The Morgan fingerprint density at radius 2 is 1.66 bits per heavy atom. The molecule has 9 heteroatoms. The van der Waals surface area contributed by atoms with Crippen molar-refractivity contribution in [3.05, 3.63) is 77.5 Å². The maximum atomic E-state index is 14.0. The molecule has 0 spiro atoms. The summed E-state index contributed by atoms with van der Waals surface area (Å²) in [6, 6.07) is 19.9. The zero-order chi connectivity index (χ0) is 26.4. The molecule has 1 unspecified atom stereocenters. The van der Waals surface area contributed by atoms with Crippen LogP contribution in [0.25, 0.3) is 22.3 Å². The van der Waals surface area contributed by atoms with E-state index >= 15 is 0 Å². The number of amides is 1. The molecule has 2 aromatic heterocycles. The Hall–Kier alpha value is -3.72. The van der Waals surface area contributed by atoms with E-state index in [0.29, 0.717) is 47.5 Å². The third kappa shape index (κ3) is 4.55. The monoisotopic (exact) mass is 529 g/mol. The van der Waals surface area contributed by atoms with E-state index in [1.165, 1.54) is 0 Å². The van der Waals surface area contributed by atoms with Crippen molar-refractivity contribution in [3.8, 4) is 11.3 Å². The molecule has 6 rings (SSSR count). The van der Waals surface area contributed by atoms with Gasteiger partial charge in [-0.2, -0.15) is 5.10 Å². The lowest BCUT2D eigenvalue weighted by Crippen LogP contribution is -2.48. The number of sulfone groups is 1. The number of hydrogen-bond donors (Lipinski definition) is 0. The number of para-hydroxylation sites is 1. The predicted molar refractivity (Wildman–Crippen MR) is 149 cm³/mol. The molecule has 38 heavy (non-hydrogen) atoms. The van der Waals surface area contributed by atoms with E-state index in [9.17, 15) is 13.2 Å². The number of pyridine rings is 1. The van der Waals surface area contributed by atoms with Crippen LogP contribution in [-0.4, -0.2) is 71.7 Å². The zero-order valence-corrected chi connectivity index (χ0v) is 22.5. The first-order chi connectivity index (χ1) is 18.3. The number of fused-ring (bicyclic) bond motifs is 1. The van der Waals surface area contributed by atoms with Gasteiger partial charge in [0.25, 0.3) is 5.91 Å². The summed E-state index contributed by atoms with van der Waals surface area (Å²) in [7, 11) is -3.11. The molecule has 1 atom stereocenters. The second kappa shape index (κ2) is 9.54. The molecule has 2 aliphatic heterocycles. The second-order valence-electron chi connectivity index (χ2n) is 10.3. The zero-order valence-electron chi connectivity index (χ0n) is 21.7. The van der Waals surface area contributed by atoms with Gasteiger partial charge in [0.15, 0.2) is 15.5 Å². The number of hydrogen-bond acceptors (Lipinski definition) is 6. The van der Waals surface area contributed by atoms with E-state index in [4.69, 9.17) is 10.1 Å². The molecule has 4 heterocycles. The van der Waals surface area contributed by atoms with Gasteiger partial charge in [-0.3, -0.25) is 4.79 Å². The van der Waals surface area contributed by atoms with Crippen molar-refractivity contribution >= 4 is 32.5 Å². The van der Waals surface area contributed by atoms with Crippen LogP contribution in [-0.2, 0) is 9.84 Å². The molecular weight excluding hydrogens is 498 g/mol. The van der Waals surface area contributed by atoms with Crippen LogP contribution < -0.4 is 4.90 Å². The van der Waals surface area contributed by atoms with Gasteiger partial charge in [0, 0.05) is 37.4 Å². The second-order valence-corrected chi connectivity index (χ2v) is 12.6. The van der Waals surface area contributed by atoms with Crippen molar-refractivity contribution < 1.29 is 13.2 Å². The molecule has 8 nitrogen and oxygen atoms in total. The van der Waals surface area contributed by atoms with Gasteiger partial charge < -0.3 is 9.80 Å². The van der Waals surface area contributed by atoms with Crippen molar-refractivity contribution in [2.24, 2.45) is 0 Å². The van der Waals surface area contributed by atoms with E-state index in [-0.39, 0.29) is 23.5 Å². The summed E-state index contributed by atoms with van der Waals surface area (Å²) in [5.41, 5.74) is 5.74. The number of aryl methyl sites for hydroxylation is 2. The number of piperazine rings is 1. The van der Waals surface area contributed by atoms with Crippen LogP contribution in [0, 0.1) is 13.8 Å². The minimum Gasteiger partial charge on any atom is -0.368 e. The van der Waals surface area contributed by atoms with E-state index in [1.807, 2.05) is 67.3 Å². The Bertz CT molecular complexity index is 1610. The Balaban J connectivity index is 1.40. The van der Waals surface area contributed by atoms with Gasteiger partial charge in [-0.1, -0.05) is 48.0 Å². The molecule has 2 saturated heterocycles. The van der Waals surface area contributed by atoms with Crippen molar-refractivity contribution in [1.82, 2.24) is 19.7 Å². The van der Waals surface area contributed by atoms with Gasteiger partial charge in [-0.05, 0) is 38.5 Å². The molecule has 0 N–H and O–H groups in total. The number of carbonyl (C=O) groups excluding carboxylic acids is 1. The summed E-state index contributed by atoms with van der Waals surface area (Å²) in [6.45, 7) is 6.65. The van der Waals surface area contributed by atoms with Gasteiger partial charge in [0.1, 0.15) is 0 Å². The third-order valence-electron chi connectivity index (χ3n) is 7.66. The SMILES string of the molecule is Cc1ccc(-c2cc(C(=O)N3CCN(c4ccccc4)CC3)c3c(C)nn(C4CCS(=O)(=O)C4)c3n2)cc1. The smallest absolute Gasteiger partial charge is 0.254 e. The maximum absolute atomic E-state index is 14.0. The van der Waals surface area contributed by atoms with E-state index in [0.717, 1.165) is 29.9 Å². The van der Waals surface area contributed by atoms with Crippen LogP contribution in [0.3, 0.4) is 0 Å². The summed E-state index contributed by atoms with van der Waals surface area (Å²) >= 11 is 0. The Labute approximate surface area is 222 Å². The van der Waals surface area contributed by atoms with Gasteiger partial charge in [-0.15, -0.1) is 0 Å². The minimum atomic E-state index is -3.11. The van der Waals surface area contributed by atoms with Crippen LogP contribution in [0.5, 0.6) is 0 Å². The minimum absolute atomic E-state index is 0.0415. The molecule has 2 aromatic carbocycles. The summed E-state index contributed by atoms with van der Waals surface area (Å²) in [6.07, 6.45) is 0.500. The molecular formula is C29H31N5O3S. The highest BCUT2D eigenvalue weighted by atomic mass is 32.2. The van der Waals surface area contributed by atoms with Gasteiger partial charge in [0.2, 0.25) is 0 Å². The molecule has 0 aliphatic carbocycles. The van der Waals surface area contributed by atoms with Crippen LogP contribution in [0.15, 0.2) is 60.7 Å². The standard InChI is InChI=1S/C29H31N5O3S/c1-20-8-10-22(11-9-20)26-18-25(29(35)33-15-13-32(14-16-33)23-6-4-3-5-7-23)27-21(2)31-34(28(27)30-26)24-12-17-38(36,37)19-24/h3-11,18,24H,12-17,19H2,1-2H3. The lowest BCUT2D eigenvalue weighted by molar-refractivity contribution is 0.0748. The Kier molecular flexibility index (Phi) is 6.18. The predicted octanol–water partition coefficient (Wildman–Crippen LogP) is 4.04. The first-order valence-electron chi connectivity index (χ1n) is 13.1. The molecule has 0 bridgehead atoms. The number of anilines is 1. The number of benzene rings is 2. The maximum Gasteiger partial charge on any atom is 0.254 e. The molecule has 1 amide bonds. The van der Waals surface area contributed by atoms with Crippen molar-refractivity contribution in [2.75, 3.05) is 42.6 Å². The quantitative estimate of drug-likeness (QED) is 0.397. The van der Waals surface area contributed by atoms with Crippen LogP contribution >= 0.6 is 0 Å². The highest BCUT2D eigenvalue weighted by Gasteiger charge is 2.33. The average molecular weight is 530 g/mol. The normalized spacial score (nSPS) is 19.3. The average Bonchev–Trinajstić information content (AvgIpc) is 3.47. The molecule has 2 fully saturated rings. The van der Waals surface area contributed by atoms with E-state index in [1.54, 1.807) is 4.68 Å². The Morgan fingerprint density at radius 1 is 0.947 bits per heavy atom. The highest BCUT2D eigenvalue weighted by molar-refractivity contribution is 7.91. The van der Waals surface area contributed by atoms with Crippen molar-refractivity contribution in [1.29, 1.82) is 0 Å². The highest BCUT2D eigenvalue weighted by Crippen LogP contribution is 2.33. The largest absolute Gasteiger partial charge is 0.368 e. The molecule has 2 aliphatic rings. The molecule has 4 aromatic rings. The summed E-state index contributed by atoms with van der Waals surface area (Å²) in [5.74, 6) is 0.151. The van der Waals surface area contributed by atoms with E-state index in [2.05, 4.69) is 17.0 Å². The Morgan fingerprint density at radius 3 is 2.32 bits per heavy atom. The van der Waals surface area contributed by atoms with Crippen LogP contribution in [0.2, 0.25) is 0 Å². The lowest BCUT2D eigenvalue weighted by atomic mass is 10.0. The van der Waals surface area contributed by atoms with Crippen molar-refractivity contribution in [2.45, 2.75) is 26.3 Å². The van der Waals surface area contributed by atoms with Crippen LogP contribution in [0.1, 0.15) is 34.1 Å². The van der Waals surface area contributed by atoms with E-state index < -0.39 is 9.84 Å². The van der Waals surface area contributed by atoms with Gasteiger partial charge in [-0.25, -0.2) is 18.1 Å². The van der Waals surface area contributed by atoms with Crippen LogP contribution in [0.4, 0.5) is 5.69 Å². The summed E-state index contributed by atoms with van der Waals surface area (Å²) in [4.78, 5) is 23.2. The molecule has 0 radical (unpaired) electrons. The van der Waals surface area contributed by atoms with Crippen molar-refractivity contribution in [3.63, 3.8) is 0 Å². The number of nitrogens with zero attached hydrogens (tertiary/aromatic N) is 5. The third-order valence-corrected chi connectivity index (χ3v) is 9.41. The fourth-order valence-corrected chi connectivity index (χ4v) is 7.25. The first kappa shape index (κ1) is 24.6. The first-order valence-corrected chi connectivity index (χ1v) is 14.9. The summed E-state index contributed by atoms with van der Waals surface area (Å²) < 4.78 is 26.3. The molecule has 0 saturated carbocycles. The fraction of sp³-hybridized carbons (Fsp3) is 0.345. The summed E-state index contributed by atoms with van der Waals surface area (Å²) in [5, 5.41) is 5.45. The number of rotatable bonds is 4. The fourth-order valence-electron chi connectivity index (χ4n) is 5.55. The molecule has 196 valence electrons. The van der Waals surface area contributed by atoms with Gasteiger partial charge in [0.05, 0.1) is 39.9 Å².